The number of ether oxygens (including phenoxy) is 3. The summed E-state index contributed by atoms with van der Waals surface area (Å²) in [4.78, 5) is 8.72. The molecular weight excluding hydrogens is 308 g/mol. The summed E-state index contributed by atoms with van der Waals surface area (Å²) in [6.07, 6.45) is 4.23. The SMILES string of the molecule is c1cc(NCc2ccc3c(c2)OCO3)nc(NCC2CCCO2)n1. The molecule has 1 aromatic carbocycles. The summed E-state index contributed by atoms with van der Waals surface area (Å²) in [6.45, 7) is 2.53. The van der Waals surface area contributed by atoms with Gasteiger partial charge in [-0.2, -0.15) is 4.98 Å². The summed E-state index contributed by atoms with van der Waals surface area (Å²) in [5.41, 5.74) is 1.10. The molecule has 2 N–H and O–H groups in total. The number of nitrogens with one attached hydrogen (secondary N) is 2. The summed E-state index contributed by atoms with van der Waals surface area (Å²) in [5.74, 6) is 2.97. The molecule has 0 radical (unpaired) electrons. The first-order valence-corrected chi connectivity index (χ1v) is 8.18. The fraction of sp³-hybridized carbons (Fsp3) is 0.412. The molecule has 0 bridgehead atoms. The Balaban J connectivity index is 1.33. The van der Waals surface area contributed by atoms with Crippen LogP contribution in [0.1, 0.15) is 18.4 Å². The van der Waals surface area contributed by atoms with Crippen molar-refractivity contribution in [3.63, 3.8) is 0 Å². The Morgan fingerprint density at radius 3 is 3.00 bits per heavy atom. The molecule has 4 rings (SSSR count). The lowest BCUT2D eigenvalue weighted by atomic mass is 10.2. The van der Waals surface area contributed by atoms with Crippen molar-refractivity contribution in [2.75, 3.05) is 30.6 Å². The Hall–Kier alpha value is -2.54. The van der Waals surface area contributed by atoms with Crippen molar-refractivity contribution in [3.8, 4) is 11.5 Å². The van der Waals surface area contributed by atoms with E-state index in [1.54, 1.807) is 6.20 Å². The fourth-order valence-corrected chi connectivity index (χ4v) is 2.80. The van der Waals surface area contributed by atoms with Gasteiger partial charge in [-0.25, -0.2) is 4.98 Å². The first-order valence-electron chi connectivity index (χ1n) is 8.18. The van der Waals surface area contributed by atoms with Crippen molar-refractivity contribution in [2.45, 2.75) is 25.5 Å². The lowest BCUT2D eigenvalue weighted by Gasteiger charge is -2.12. The summed E-state index contributed by atoms with van der Waals surface area (Å²) in [7, 11) is 0. The molecule has 2 aromatic rings. The third-order valence-electron chi connectivity index (χ3n) is 4.08. The van der Waals surface area contributed by atoms with E-state index in [1.165, 1.54) is 0 Å². The predicted molar refractivity (Wildman–Crippen MR) is 89.4 cm³/mol. The zero-order valence-electron chi connectivity index (χ0n) is 13.3. The van der Waals surface area contributed by atoms with Crippen LogP contribution in [0.4, 0.5) is 11.8 Å². The molecule has 1 atom stereocenters. The Morgan fingerprint density at radius 1 is 1.12 bits per heavy atom. The molecule has 0 spiro atoms. The van der Waals surface area contributed by atoms with Crippen molar-refractivity contribution in [2.24, 2.45) is 0 Å². The molecule has 7 heteroatoms. The van der Waals surface area contributed by atoms with Gasteiger partial charge in [-0.15, -0.1) is 0 Å². The van der Waals surface area contributed by atoms with Crippen LogP contribution in [0.2, 0.25) is 0 Å². The lowest BCUT2D eigenvalue weighted by molar-refractivity contribution is 0.120. The smallest absolute Gasteiger partial charge is 0.231 e. The zero-order valence-corrected chi connectivity index (χ0v) is 13.3. The van der Waals surface area contributed by atoms with Crippen LogP contribution in [0.5, 0.6) is 11.5 Å². The van der Waals surface area contributed by atoms with Gasteiger partial charge in [0.1, 0.15) is 5.82 Å². The Morgan fingerprint density at radius 2 is 2.08 bits per heavy atom. The molecule has 1 aromatic heterocycles. The molecule has 0 amide bonds. The second-order valence-electron chi connectivity index (χ2n) is 5.82. The predicted octanol–water partition coefficient (Wildman–Crippen LogP) is 2.41. The van der Waals surface area contributed by atoms with E-state index in [9.17, 15) is 0 Å². The Kier molecular flexibility index (Phi) is 4.33. The third-order valence-corrected chi connectivity index (χ3v) is 4.08. The van der Waals surface area contributed by atoms with Crippen molar-refractivity contribution in [3.05, 3.63) is 36.0 Å². The second-order valence-corrected chi connectivity index (χ2v) is 5.82. The van der Waals surface area contributed by atoms with Crippen LogP contribution in [0.15, 0.2) is 30.5 Å². The number of benzene rings is 1. The third kappa shape index (κ3) is 3.51. The van der Waals surface area contributed by atoms with Gasteiger partial charge in [-0.3, -0.25) is 0 Å². The molecule has 0 saturated carbocycles. The van der Waals surface area contributed by atoms with Crippen molar-refractivity contribution in [1.29, 1.82) is 0 Å². The van der Waals surface area contributed by atoms with Crippen LogP contribution < -0.4 is 20.1 Å². The highest BCUT2D eigenvalue weighted by Gasteiger charge is 2.15. The van der Waals surface area contributed by atoms with Gasteiger partial charge in [0.05, 0.1) is 6.10 Å². The van der Waals surface area contributed by atoms with E-state index < -0.39 is 0 Å². The number of nitrogens with zero attached hydrogens (tertiary/aromatic N) is 2. The molecule has 0 aliphatic carbocycles. The highest BCUT2D eigenvalue weighted by atomic mass is 16.7. The number of anilines is 2. The summed E-state index contributed by atoms with van der Waals surface area (Å²) >= 11 is 0. The van der Waals surface area contributed by atoms with Gasteiger partial charge < -0.3 is 24.8 Å². The molecule has 1 saturated heterocycles. The van der Waals surface area contributed by atoms with E-state index in [0.29, 0.717) is 12.5 Å². The van der Waals surface area contributed by atoms with Gasteiger partial charge in [0, 0.05) is 25.9 Å². The van der Waals surface area contributed by atoms with E-state index >= 15 is 0 Å². The quantitative estimate of drug-likeness (QED) is 0.843. The van der Waals surface area contributed by atoms with Gasteiger partial charge in [-0.05, 0) is 36.6 Å². The maximum absolute atomic E-state index is 5.59. The average Bonchev–Trinajstić information content (AvgIpc) is 3.29. The maximum atomic E-state index is 5.59. The summed E-state index contributed by atoms with van der Waals surface area (Å²) < 4.78 is 16.3. The van der Waals surface area contributed by atoms with Crippen LogP contribution in [0.3, 0.4) is 0 Å². The monoisotopic (exact) mass is 328 g/mol. The van der Waals surface area contributed by atoms with Gasteiger partial charge in [0.2, 0.25) is 12.7 Å². The van der Waals surface area contributed by atoms with Gasteiger partial charge in [-0.1, -0.05) is 6.07 Å². The zero-order chi connectivity index (χ0) is 16.2. The van der Waals surface area contributed by atoms with Crippen molar-refractivity contribution >= 4 is 11.8 Å². The van der Waals surface area contributed by atoms with Gasteiger partial charge in [0.25, 0.3) is 0 Å². The Bertz CT molecular complexity index is 704. The van der Waals surface area contributed by atoms with Crippen molar-refractivity contribution < 1.29 is 14.2 Å². The maximum Gasteiger partial charge on any atom is 0.231 e. The highest BCUT2D eigenvalue weighted by Crippen LogP contribution is 2.32. The van der Waals surface area contributed by atoms with Crippen LogP contribution in [0.25, 0.3) is 0 Å². The minimum atomic E-state index is 0.263. The molecule has 1 unspecified atom stereocenters. The fourth-order valence-electron chi connectivity index (χ4n) is 2.80. The molecule has 3 heterocycles. The number of hydrogen-bond acceptors (Lipinski definition) is 7. The van der Waals surface area contributed by atoms with E-state index in [4.69, 9.17) is 14.2 Å². The second kappa shape index (κ2) is 6.92. The molecule has 7 nitrogen and oxygen atoms in total. The van der Waals surface area contributed by atoms with Crippen LogP contribution >= 0.6 is 0 Å². The first kappa shape index (κ1) is 15.0. The van der Waals surface area contributed by atoms with E-state index in [0.717, 1.165) is 48.9 Å². The first-order chi connectivity index (χ1) is 11.9. The minimum Gasteiger partial charge on any atom is -0.454 e. The van der Waals surface area contributed by atoms with Gasteiger partial charge >= 0.3 is 0 Å². The van der Waals surface area contributed by atoms with Crippen LogP contribution in [-0.2, 0) is 11.3 Å². The standard InChI is InChI=1S/C17H20N4O3/c1-2-13(22-7-1)10-20-17-18-6-5-16(21-17)19-9-12-3-4-14-15(8-12)24-11-23-14/h3-6,8,13H,1-2,7,9-11H2,(H2,18,19,20,21). The molecule has 24 heavy (non-hydrogen) atoms. The van der Waals surface area contributed by atoms with Crippen LogP contribution in [0, 0.1) is 0 Å². The summed E-state index contributed by atoms with van der Waals surface area (Å²) in [5, 5.41) is 6.54. The minimum absolute atomic E-state index is 0.263. The topological polar surface area (TPSA) is 77.5 Å². The number of fused-ring (bicyclic) bond motifs is 1. The Labute approximate surface area is 140 Å². The lowest BCUT2D eigenvalue weighted by Crippen LogP contribution is -2.19. The number of aromatic nitrogens is 2. The molecule has 2 aliphatic rings. The molecule has 126 valence electrons. The van der Waals surface area contributed by atoms with Crippen molar-refractivity contribution in [1.82, 2.24) is 9.97 Å². The van der Waals surface area contributed by atoms with E-state index in [-0.39, 0.29) is 12.9 Å². The van der Waals surface area contributed by atoms with E-state index in [2.05, 4.69) is 20.6 Å². The van der Waals surface area contributed by atoms with E-state index in [1.807, 2.05) is 24.3 Å². The largest absolute Gasteiger partial charge is 0.454 e. The molecular formula is C17H20N4O3. The summed E-state index contributed by atoms with van der Waals surface area (Å²) in [6, 6.07) is 7.77. The highest BCUT2D eigenvalue weighted by molar-refractivity contribution is 5.46. The number of rotatable bonds is 6. The average molecular weight is 328 g/mol. The normalized spacial score (nSPS) is 18.6. The van der Waals surface area contributed by atoms with Crippen LogP contribution in [-0.4, -0.2) is 36.0 Å². The molecule has 1 fully saturated rings. The molecule has 2 aliphatic heterocycles. The number of hydrogen-bond donors (Lipinski definition) is 2. The van der Waals surface area contributed by atoms with Gasteiger partial charge in [0.15, 0.2) is 11.5 Å².